The van der Waals surface area contributed by atoms with E-state index in [-0.39, 0.29) is 0 Å². The molecule has 0 saturated heterocycles. The first kappa shape index (κ1) is 23.6. The van der Waals surface area contributed by atoms with Crippen LogP contribution < -0.4 is 4.74 Å². The van der Waals surface area contributed by atoms with Crippen LogP contribution in [0.25, 0.3) is 10.8 Å². The van der Waals surface area contributed by atoms with Crippen LogP contribution in [0.4, 0.5) is 0 Å². The first-order valence-electron chi connectivity index (χ1n) is 9.84. The summed E-state index contributed by atoms with van der Waals surface area (Å²) in [6.45, 7) is 0.700. The predicted octanol–water partition coefficient (Wildman–Crippen LogP) is 4.62. The Morgan fingerprint density at radius 3 is 2.06 bits per heavy atom. The maximum atomic E-state index is 9.55. The van der Waals surface area contributed by atoms with Crippen molar-refractivity contribution in [2.75, 3.05) is 20.7 Å². The van der Waals surface area contributed by atoms with Crippen molar-refractivity contribution >= 4 is 22.7 Å². The van der Waals surface area contributed by atoms with E-state index in [0.29, 0.717) is 24.8 Å². The number of carboxylic acids is 2. The van der Waals surface area contributed by atoms with Crippen molar-refractivity contribution in [1.29, 1.82) is 0 Å². The summed E-state index contributed by atoms with van der Waals surface area (Å²) in [6.07, 6.45) is 2.07. The van der Waals surface area contributed by atoms with Crippen LogP contribution in [-0.4, -0.2) is 47.8 Å². The van der Waals surface area contributed by atoms with Gasteiger partial charge in [-0.2, -0.15) is 0 Å². The second kappa shape index (κ2) is 12.1. The highest BCUT2D eigenvalue weighted by Gasteiger charge is 2.14. The van der Waals surface area contributed by atoms with Gasteiger partial charge in [-0.25, -0.2) is 9.59 Å². The fraction of sp³-hybridized carbons (Fsp3) is 0.200. The van der Waals surface area contributed by atoms with E-state index in [1.165, 1.54) is 16.3 Å². The van der Waals surface area contributed by atoms with Gasteiger partial charge in [0.25, 0.3) is 0 Å². The summed E-state index contributed by atoms with van der Waals surface area (Å²) in [5, 5.41) is 18.0. The van der Waals surface area contributed by atoms with Crippen molar-refractivity contribution in [3.05, 3.63) is 90.5 Å². The van der Waals surface area contributed by atoms with E-state index < -0.39 is 11.9 Å². The van der Waals surface area contributed by atoms with Crippen LogP contribution >= 0.6 is 0 Å². The topological polar surface area (TPSA) is 87.1 Å². The Morgan fingerprint density at radius 1 is 0.871 bits per heavy atom. The summed E-state index contributed by atoms with van der Waals surface area (Å²) in [6, 6.07) is 25.6. The third kappa shape index (κ3) is 7.95. The maximum absolute atomic E-state index is 9.55. The summed E-state index contributed by atoms with van der Waals surface area (Å²) in [7, 11) is 4.24. The van der Waals surface area contributed by atoms with Gasteiger partial charge in [0.15, 0.2) is 0 Å². The van der Waals surface area contributed by atoms with Gasteiger partial charge in [0, 0.05) is 30.0 Å². The minimum Gasteiger partial charge on any atom is -0.493 e. The summed E-state index contributed by atoms with van der Waals surface area (Å²) in [5.74, 6) is -1.55. The zero-order valence-electron chi connectivity index (χ0n) is 17.6. The number of carboxylic acid groups (broad SMARTS) is 2. The molecule has 0 radical (unpaired) electrons. The molecule has 2 N–H and O–H groups in total. The van der Waals surface area contributed by atoms with E-state index in [1.807, 2.05) is 0 Å². The van der Waals surface area contributed by atoms with Gasteiger partial charge in [-0.3, -0.25) is 0 Å². The lowest BCUT2D eigenvalue weighted by Gasteiger charge is -2.25. The average molecular weight is 421 g/mol. The largest absolute Gasteiger partial charge is 0.493 e. The highest BCUT2D eigenvalue weighted by atomic mass is 16.5. The van der Waals surface area contributed by atoms with E-state index in [2.05, 4.69) is 91.8 Å². The second-order valence-corrected chi connectivity index (χ2v) is 7.01. The second-order valence-electron chi connectivity index (χ2n) is 7.01. The van der Waals surface area contributed by atoms with Gasteiger partial charge >= 0.3 is 11.9 Å². The average Bonchev–Trinajstić information content (AvgIpc) is 2.76. The van der Waals surface area contributed by atoms with Gasteiger partial charge in [0.2, 0.25) is 0 Å². The van der Waals surface area contributed by atoms with E-state index in [1.54, 1.807) is 0 Å². The molecule has 6 nitrogen and oxygen atoms in total. The molecule has 0 saturated carbocycles. The molecule has 0 heterocycles. The molecule has 3 aromatic rings. The molecule has 0 spiro atoms. The lowest BCUT2D eigenvalue weighted by Crippen LogP contribution is -2.22. The fourth-order valence-corrected chi connectivity index (χ4v) is 3.14. The number of hydrogen-bond acceptors (Lipinski definition) is 4. The van der Waals surface area contributed by atoms with Crippen LogP contribution in [0.2, 0.25) is 0 Å². The third-order valence-electron chi connectivity index (χ3n) is 4.57. The van der Waals surface area contributed by atoms with Crippen molar-refractivity contribution < 1.29 is 24.5 Å². The van der Waals surface area contributed by atoms with Crippen molar-refractivity contribution in [3.63, 3.8) is 0 Å². The first-order chi connectivity index (χ1) is 14.9. The van der Waals surface area contributed by atoms with E-state index in [9.17, 15) is 9.59 Å². The molecule has 3 aromatic carbocycles. The number of ether oxygens (including phenoxy) is 1. The van der Waals surface area contributed by atoms with Crippen molar-refractivity contribution in [2.45, 2.75) is 12.5 Å². The molecule has 162 valence electrons. The summed E-state index contributed by atoms with van der Waals surface area (Å²) in [4.78, 5) is 21.4. The van der Waals surface area contributed by atoms with E-state index >= 15 is 0 Å². The Morgan fingerprint density at radius 2 is 1.45 bits per heavy atom. The first-order valence-corrected chi connectivity index (χ1v) is 9.84. The number of aliphatic carboxylic acids is 2. The van der Waals surface area contributed by atoms with Crippen molar-refractivity contribution in [1.82, 2.24) is 4.90 Å². The highest BCUT2D eigenvalue weighted by Crippen LogP contribution is 2.27. The van der Waals surface area contributed by atoms with Gasteiger partial charge in [-0.05, 0) is 31.1 Å². The Kier molecular flexibility index (Phi) is 9.26. The maximum Gasteiger partial charge on any atom is 0.328 e. The SMILES string of the molecule is CN(C)[C@@H](CCOc1cccc2ccccc12)c1ccccc1.O=C(O)/C=C/C(=O)O. The Balaban J connectivity index is 0.000000366. The molecule has 1 atom stereocenters. The molecule has 3 rings (SSSR count). The van der Waals surface area contributed by atoms with Crippen LogP contribution in [0.15, 0.2) is 84.9 Å². The molecule has 0 aliphatic heterocycles. The van der Waals surface area contributed by atoms with E-state index in [0.717, 1.165) is 12.2 Å². The lowest BCUT2D eigenvalue weighted by molar-refractivity contribution is -0.134. The molecule has 31 heavy (non-hydrogen) atoms. The molecule has 0 aliphatic carbocycles. The number of fused-ring (bicyclic) bond motifs is 1. The molecule has 0 unspecified atom stereocenters. The number of rotatable bonds is 8. The van der Waals surface area contributed by atoms with Crippen molar-refractivity contribution in [2.24, 2.45) is 0 Å². The molecule has 0 aromatic heterocycles. The molecular weight excluding hydrogens is 394 g/mol. The highest BCUT2D eigenvalue weighted by molar-refractivity contribution is 5.89. The molecule has 0 bridgehead atoms. The van der Waals surface area contributed by atoms with Crippen molar-refractivity contribution in [3.8, 4) is 5.75 Å². The Hall–Kier alpha value is -3.64. The minimum atomic E-state index is -1.26. The van der Waals surface area contributed by atoms with Crippen LogP contribution in [0, 0.1) is 0 Å². The quantitative estimate of drug-likeness (QED) is 0.516. The molecule has 0 fully saturated rings. The van der Waals surface area contributed by atoms with Crippen LogP contribution in [0.1, 0.15) is 18.0 Å². The van der Waals surface area contributed by atoms with Gasteiger partial charge in [0.1, 0.15) is 5.75 Å². The van der Waals surface area contributed by atoms with Gasteiger partial charge in [-0.1, -0.05) is 66.7 Å². The van der Waals surface area contributed by atoms with E-state index in [4.69, 9.17) is 14.9 Å². The molecule has 0 aliphatic rings. The number of benzene rings is 3. The Labute approximate surface area is 182 Å². The summed E-state index contributed by atoms with van der Waals surface area (Å²) >= 11 is 0. The van der Waals surface area contributed by atoms with Gasteiger partial charge < -0.3 is 19.8 Å². The Bertz CT molecular complexity index is 993. The summed E-state index contributed by atoms with van der Waals surface area (Å²) in [5.41, 5.74) is 1.33. The minimum absolute atomic E-state index is 0.367. The lowest BCUT2D eigenvalue weighted by atomic mass is 10.0. The predicted molar refractivity (Wildman–Crippen MR) is 121 cm³/mol. The van der Waals surface area contributed by atoms with Gasteiger partial charge in [0.05, 0.1) is 6.61 Å². The number of carbonyl (C=O) groups is 2. The molecule has 0 amide bonds. The van der Waals surface area contributed by atoms with Gasteiger partial charge in [-0.15, -0.1) is 0 Å². The van der Waals surface area contributed by atoms with Crippen LogP contribution in [0.5, 0.6) is 5.75 Å². The third-order valence-corrected chi connectivity index (χ3v) is 4.57. The van der Waals surface area contributed by atoms with Crippen LogP contribution in [-0.2, 0) is 9.59 Å². The smallest absolute Gasteiger partial charge is 0.328 e. The van der Waals surface area contributed by atoms with Crippen LogP contribution in [0.3, 0.4) is 0 Å². The molecular formula is C25H27NO5. The number of hydrogen-bond donors (Lipinski definition) is 2. The molecule has 6 heteroatoms. The zero-order valence-corrected chi connectivity index (χ0v) is 17.6. The number of nitrogens with zero attached hydrogens (tertiary/aromatic N) is 1. The zero-order chi connectivity index (χ0) is 22.6. The standard InChI is InChI=1S/C21H23NO.C4H4O4/c1-22(2)20(18-10-4-3-5-11-18)15-16-23-21-14-8-12-17-9-6-7-13-19(17)21;5-3(6)1-2-4(7)8/h3-14,20H,15-16H2,1-2H3;1-2H,(H,5,6)(H,7,8)/b;2-1+/t20-;/m0./s1. The fourth-order valence-electron chi connectivity index (χ4n) is 3.14. The normalized spacial score (nSPS) is 11.7. The monoisotopic (exact) mass is 421 g/mol. The summed E-state index contributed by atoms with van der Waals surface area (Å²) < 4.78 is 6.09.